The predicted molar refractivity (Wildman–Crippen MR) is 129 cm³/mol. The Labute approximate surface area is 200 Å². The zero-order valence-electron chi connectivity index (χ0n) is 17.8. The molecule has 172 valence electrons. The van der Waals surface area contributed by atoms with Crippen LogP contribution in [0.25, 0.3) is 0 Å². The fraction of sp³-hybridized carbons (Fsp3) is 0.650. The average Bonchev–Trinajstić information content (AvgIpc) is 2.71. The van der Waals surface area contributed by atoms with Crippen LogP contribution in [0.5, 0.6) is 5.75 Å². The van der Waals surface area contributed by atoms with Gasteiger partial charge in [-0.2, -0.15) is 8.78 Å². The van der Waals surface area contributed by atoms with Crippen molar-refractivity contribution < 1.29 is 13.5 Å². The maximum Gasteiger partial charge on any atom is 0.387 e. The van der Waals surface area contributed by atoms with Crippen LogP contribution in [-0.4, -0.2) is 74.2 Å². The highest BCUT2D eigenvalue weighted by Crippen LogP contribution is 2.25. The molecule has 0 spiro atoms. The highest BCUT2D eigenvalue weighted by molar-refractivity contribution is 14.0. The van der Waals surface area contributed by atoms with Crippen LogP contribution < -0.4 is 15.4 Å². The Morgan fingerprint density at radius 1 is 1.20 bits per heavy atom. The number of likely N-dealkylation sites (N-methyl/N-ethyl adjacent to an activating group) is 1. The van der Waals surface area contributed by atoms with E-state index in [9.17, 15) is 8.78 Å². The van der Waals surface area contributed by atoms with Crippen LogP contribution in [0.3, 0.4) is 0 Å². The summed E-state index contributed by atoms with van der Waals surface area (Å²) < 4.78 is 29.8. The Bertz CT molecular complexity index is 660. The van der Waals surface area contributed by atoms with E-state index >= 15 is 0 Å². The number of nitrogens with zero attached hydrogens (tertiary/aromatic N) is 3. The van der Waals surface area contributed by atoms with Crippen LogP contribution in [0.1, 0.15) is 26.3 Å². The first-order valence-corrected chi connectivity index (χ1v) is 10.5. The van der Waals surface area contributed by atoms with E-state index in [0.717, 1.165) is 39.3 Å². The summed E-state index contributed by atoms with van der Waals surface area (Å²) in [6.45, 7) is 10.5. The van der Waals surface area contributed by atoms with E-state index in [0.29, 0.717) is 29.1 Å². The molecule has 1 atom stereocenters. The van der Waals surface area contributed by atoms with Gasteiger partial charge >= 0.3 is 6.61 Å². The van der Waals surface area contributed by atoms with Crippen LogP contribution in [0.15, 0.2) is 23.2 Å². The van der Waals surface area contributed by atoms with E-state index < -0.39 is 6.61 Å². The molecule has 30 heavy (non-hydrogen) atoms. The fourth-order valence-corrected chi connectivity index (χ4v) is 3.48. The summed E-state index contributed by atoms with van der Waals surface area (Å²) in [7, 11) is 0. The molecular weight excluding hydrogens is 527 g/mol. The topological polar surface area (TPSA) is 52.1 Å². The van der Waals surface area contributed by atoms with Gasteiger partial charge in [-0.25, -0.2) is 4.99 Å². The maximum atomic E-state index is 12.6. The lowest BCUT2D eigenvalue weighted by Crippen LogP contribution is -2.53. The Kier molecular flexibility index (Phi) is 12.8. The molecule has 1 heterocycles. The number of halogens is 4. The number of benzene rings is 1. The Morgan fingerprint density at radius 2 is 1.90 bits per heavy atom. The molecule has 0 radical (unpaired) electrons. The average molecular weight is 560 g/mol. The summed E-state index contributed by atoms with van der Waals surface area (Å²) in [5, 5.41) is 7.00. The van der Waals surface area contributed by atoms with Crippen molar-refractivity contribution >= 4 is 41.5 Å². The van der Waals surface area contributed by atoms with E-state index in [2.05, 4.69) is 44.0 Å². The number of nitrogens with one attached hydrogen (secondary N) is 2. The Morgan fingerprint density at radius 3 is 2.50 bits per heavy atom. The molecule has 1 aromatic rings. The van der Waals surface area contributed by atoms with Crippen molar-refractivity contribution in [1.82, 2.24) is 20.4 Å². The van der Waals surface area contributed by atoms with Crippen LogP contribution in [-0.2, 0) is 6.54 Å². The lowest BCUT2D eigenvalue weighted by Gasteiger charge is -2.37. The van der Waals surface area contributed by atoms with Crippen molar-refractivity contribution in [2.45, 2.75) is 40.0 Å². The molecule has 0 aromatic heterocycles. The lowest BCUT2D eigenvalue weighted by atomic mass is 10.2. The molecule has 1 saturated heterocycles. The number of guanidine groups is 1. The van der Waals surface area contributed by atoms with E-state index in [4.69, 9.17) is 11.6 Å². The summed E-state index contributed by atoms with van der Waals surface area (Å²) in [4.78, 5) is 9.44. The van der Waals surface area contributed by atoms with Gasteiger partial charge in [0, 0.05) is 55.9 Å². The van der Waals surface area contributed by atoms with Gasteiger partial charge in [-0.05, 0) is 38.6 Å². The molecule has 6 nitrogen and oxygen atoms in total. The molecule has 0 saturated carbocycles. The van der Waals surface area contributed by atoms with Gasteiger partial charge in [0.25, 0.3) is 0 Å². The van der Waals surface area contributed by atoms with E-state index in [1.54, 1.807) is 6.07 Å². The fourth-order valence-electron chi connectivity index (χ4n) is 3.28. The zero-order valence-corrected chi connectivity index (χ0v) is 20.9. The van der Waals surface area contributed by atoms with Gasteiger partial charge in [-0.15, -0.1) is 24.0 Å². The molecule has 10 heteroatoms. The summed E-state index contributed by atoms with van der Waals surface area (Å²) in [5.74, 6) is 0.723. The second kappa shape index (κ2) is 14.2. The molecule has 2 rings (SSSR count). The van der Waals surface area contributed by atoms with E-state index in [1.807, 2.05) is 6.92 Å². The highest BCUT2D eigenvalue weighted by Gasteiger charge is 2.20. The summed E-state index contributed by atoms with van der Waals surface area (Å²) in [6, 6.07) is 4.93. The summed E-state index contributed by atoms with van der Waals surface area (Å²) in [6.07, 6.45) is 0. The monoisotopic (exact) mass is 559 g/mol. The number of rotatable bonds is 9. The second-order valence-electron chi connectivity index (χ2n) is 7.03. The minimum Gasteiger partial charge on any atom is -0.434 e. The molecule has 0 amide bonds. The van der Waals surface area contributed by atoms with Gasteiger partial charge < -0.3 is 20.3 Å². The molecule has 1 aromatic carbocycles. The van der Waals surface area contributed by atoms with Crippen LogP contribution >= 0.6 is 35.6 Å². The molecule has 1 fully saturated rings. The predicted octanol–water partition coefficient (Wildman–Crippen LogP) is 3.64. The van der Waals surface area contributed by atoms with Gasteiger partial charge in [0.1, 0.15) is 5.75 Å². The van der Waals surface area contributed by atoms with Crippen molar-refractivity contribution in [3.05, 3.63) is 28.8 Å². The zero-order chi connectivity index (χ0) is 21.2. The van der Waals surface area contributed by atoms with Gasteiger partial charge in [-0.3, -0.25) is 4.90 Å². The first-order valence-electron chi connectivity index (χ1n) is 10.1. The van der Waals surface area contributed by atoms with Crippen LogP contribution in [0.2, 0.25) is 5.02 Å². The lowest BCUT2D eigenvalue weighted by molar-refractivity contribution is -0.0504. The van der Waals surface area contributed by atoms with Crippen molar-refractivity contribution in [3.8, 4) is 5.75 Å². The van der Waals surface area contributed by atoms with Gasteiger partial charge in [0.15, 0.2) is 5.96 Å². The molecule has 1 aliphatic heterocycles. The second-order valence-corrected chi connectivity index (χ2v) is 7.46. The normalized spacial score (nSPS) is 16.8. The summed E-state index contributed by atoms with van der Waals surface area (Å²) in [5.41, 5.74) is 0.513. The number of piperazine rings is 1. The number of aliphatic imine (C=N–C) groups is 1. The van der Waals surface area contributed by atoms with E-state index in [1.165, 1.54) is 12.1 Å². The quantitative estimate of drug-likeness (QED) is 0.275. The van der Waals surface area contributed by atoms with Crippen molar-refractivity contribution in [3.63, 3.8) is 0 Å². The third-order valence-corrected chi connectivity index (χ3v) is 5.27. The van der Waals surface area contributed by atoms with Crippen molar-refractivity contribution in [1.29, 1.82) is 0 Å². The molecule has 1 unspecified atom stereocenters. The number of hydrogen-bond donors (Lipinski definition) is 2. The van der Waals surface area contributed by atoms with Gasteiger partial charge in [-0.1, -0.05) is 18.5 Å². The van der Waals surface area contributed by atoms with Gasteiger partial charge in [0.2, 0.25) is 0 Å². The standard InChI is InChI=1S/C20H32ClF2N5O.HI/c1-4-24-20(25-13-15(3)28-10-8-27(5-2)9-11-28)26-14-16-12-17(21)6-7-18(16)29-19(22)23;/h6-7,12,15,19H,4-5,8-11,13-14H2,1-3H3,(H2,24,25,26);1H. The highest BCUT2D eigenvalue weighted by atomic mass is 127. The third-order valence-electron chi connectivity index (χ3n) is 5.03. The molecular formula is C20H33ClF2IN5O. The number of hydrogen-bond acceptors (Lipinski definition) is 4. The van der Waals surface area contributed by atoms with E-state index in [-0.39, 0.29) is 36.3 Å². The van der Waals surface area contributed by atoms with Gasteiger partial charge in [0.05, 0.1) is 6.54 Å². The number of alkyl halides is 2. The maximum absolute atomic E-state index is 12.6. The molecule has 2 N–H and O–H groups in total. The molecule has 1 aliphatic rings. The Balaban J connectivity index is 0.00000450. The number of ether oxygens (including phenoxy) is 1. The first-order chi connectivity index (χ1) is 13.9. The summed E-state index contributed by atoms with van der Waals surface area (Å²) >= 11 is 6.01. The SMILES string of the molecule is CCNC(=NCc1cc(Cl)ccc1OC(F)F)NCC(C)N1CCN(CC)CC1.I. The van der Waals surface area contributed by atoms with Crippen LogP contribution in [0, 0.1) is 0 Å². The first kappa shape index (κ1) is 27.1. The Hall–Kier alpha value is -0.910. The molecule has 0 aliphatic carbocycles. The smallest absolute Gasteiger partial charge is 0.387 e. The van der Waals surface area contributed by atoms with Crippen molar-refractivity contribution in [2.24, 2.45) is 4.99 Å². The third kappa shape index (κ3) is 9.07. The molecule has 0 bridgehead atoms. The largest absolute Gasteiger partial charge is 0.434 e. The minimum absolute atomic E-state index is 0. The van der Waals surface area contributed by atoms with Crippen LogP contribution in [0.4, 0.5) is 8.78 Å². The minimum atomic E-state index is -2.89. The van der Waals surface area contributed by atoms with Crippen molar-refractivity contribution in [2.75, 3.05) is 45.8 Å².